The average molecular weight is 222 g/mol. The van der Waals surface area contributed by atoms with Crippen molar-refractivity contribution in [3.63, 3.8) is 0 Å². The molecular formula is C11H10O5. The van der Waals surface area contributed by atoms with E-state index in [1.165, 1.54) is 31.4 Å². The van der Waals surface area contributed by atoms with E-state index in [0.717, 1.165) is 0 Å². The molecule has 0 radical (unpaired) electrons. The Morgan fingerprint density at radius 2 is 2.06 bits per heavy atom. The Hall–Kier alpha value is -2.30. The zero-order chi connectivity index (χ0) is 12.1. The van der Waals surface area contributed by atoms with Crippen LogP contribution in [0.4, 0.5) is 0 Å². The molecule has 0 saturated carbocycles. The molecule has 0 amide bonds. The smallest absolute Gasteiger partial charge is 0.373 e. The van der Waals surface area contributed by atoms with Crippen LogP contribution < -0.4 is 4.74 Å². The van der Waals surface area contributed by atoms with Crippen molar-refractivity contribution in [2.75, 3.05) is 7.11 Å². The second-order valence-corrected chi connectivity index (χ2v) is 2.85. The van der Waals surface area contributed by atoms with Gasteiger partial charge in [0.25, 0.3) is 0 Å². The fourth-order valence-electron chi connectivity index (χ4n) is 0.990. The summed E-state index contributed by atoms with van der Waals surface area (Å²) in [6.45, 7) is 3.35. The van der Waals surface area contributed by atoms with E-state index >= 15 is 0 Å². The number of carboxylic acids is 1. The number of hydrogen-bond acceptors (Lipinski definition) is 4. The van der Waals surface area contributed by atoms with Crippen molar-refractivity contribution >= 4 is 11.9 Å². The monoisotopic (exact) mass is 222 g/mol. The van der Waals surface area contributed by atoms with Crippen LogP contribution in [0.15, 0.2) is 36.6 Å². The van der Waals surface area contributed by atoms with Gasteiger partial charge in [0, 0.05) is 0 Å². The van der Waals surface area contributed by atoms with Crippen LogP contribution in [0, 0.1) is 0 Å². The Labute approximate surface area is 91.9 Å². The molecule has 0 fully saturated rings. The van der Waals surface area contributed by atoms with Gasteiger partial charge in [-0.05, 0) is 24.8 Å². The van der Waals surface area contributed by atoms with E-state index in [9.17, 15) is 9.59 Å². The molecule has 5 heteroatoms. The molecule has 0 aromatic heterocycles. The van der Waals surface area contributed by atoms with Crippen molar-refractivity contribution in [3.05, 3.63) is 42.2 Å². The highest BCUT2D eigenvalue weighted by Crippen LogP contribution is 2.16. The number of carbonyl (C=O) groups excluding carboxylic acids is 1. The third-order valence-corrected chi connectivity index (χ3v) is 1.74. The molecule has 0 bridgehead atoms. The first-order chi connectivity index (χ1) is 7.54. The molecule has 1 aromatic carbocycles. The Kier molecular flexibility index (Phi) is 3.66. The summed E-state index contributed by atoms with van der Waals surface area (Å²) < 4.78 is 9.41. The number of carbonyl (C=O) groups is 2. The molecule has 0 aliphatic carbocycles. The zero-order valence-corrected chi connectivity index (χ0v) is 8.60. The molecule has 0 spiro atoms. The number of esters is 1. The van der Waals surface area contributed by atoms with Crippen molar-refractivity contribution < 1.29 is 24.2 Å². The van der Waals surface area contributed by atoms with Gasteiger partial charge in [0.2, 0.25) is 5.76 Å². The maximum Gasteiger partial charge on any atom is 0.373 e. The van der Waals surface area contributed by atoms with Gasteiger partial charge in [0.05, 0.1) is 12.7 Å². The number of benzene rings is 1. The van der Waals surface area contributed by atoms with Crippen LogP contribution in [-0.2, 0) is 9.53 Å². The summed E-state index contributed by atoms with van der Waals surface area (Å²) in [5.74, 6) is -1.77. The topological polar surface area (TPSA) is 72.8 Å². The third kappa shape index (κ3) is 2.84. The van der Waals surface area contributed by atoms with Crippen molar-refractivity contribution in [3.8, 4) is 5.75 Å². The van der Waals surface area contributed by atoms with Crippen LogP contribution in [-0.4, -0.2) is 24.2 Å². The van der Waals surface area contributed by atoms with Crippen LogP contribution in [0.3, 0.4) is 0 Å². The predicted molar refractivity (Wildman–Crippen MR) is 55.2 cm³/mol. The van der Waals surface area contributed by atoms with Gasteiger partial charge in [-0.3, -0.25) is 0 Å². The molecule has 5 nitrogen and oxygen atoms in total. The summed E-state index contributed by atoms with van der Waals surface area (Å²) in [4.78, 5) is 21.6. The SMILES string of the molecule is C=C(Oc1cccc(C(=O)O)c1)C(=O)OC. The second-order valence-electron chi connectivity index (χ2n) is 2.85. The lowest BCUT2D eigenvalue weighted by molar-refractivity contribution is -0.138. The first-order valence-corrected chi connectivity index (χ1v) is 4.33. The number of methoxy groups -OCH3 is 1. The molecule has 84 valence electrons. The van der Waals surface area contributed by atoms with Crippen molar-refractivity contribution in [1.82, 2.24) is 0 Å². The summed E-state index contributed by atoms with van der Waals surface area (Å²) in [6, 6.07) is 5.72. The summed E-state index contributed by atoms with van der Waals surface area (Å²) in [7, 11) is 1.20. The summed E-state index contributed by atoms with van der Waals surface area (Å²) >= 11 is 0. The molecular weight excluding hydrogens is 212 g/mol. The van der Waals surface area contributed by atoms with Crippen LogP contribution in [0.1, 0.15) is 10.4 Å². The van der Waals surface area contributed by atoms with Crippen molar-refractivity contribution in [2.45, 2.75) is 0 Å². The van der Waals surface area contributed by atoms with Crippen LogP contribution in [0.25, 0.3) is 0 Å². The van der Waals surface area contributed by atoms with Gasteiger partial charge < -0.3 is 14.6 Å². The van der Waals surface area contributed by atoms with Crippen molar-refractivity contribution in [2.24, 2.45) is 0 Å². The van der Waals surface area contributed by atoms with E-state index in [1.807, 2.05) is 0 Å². The van der Waals surface area contributed by atoms with Gasteiger partial charge in [-0.2, -0.15) is 0 Å². The van der Waals surface area contributed by atoms with E-state index in [0.29, 0.717) is 0 Å². The summed E-state index contributed by atoms with van der Waals surface area (Å²) in [5.41, 5.74) is 0.0650. The zero-order valence-electron chi connectivity index (χ0n) is 8.60. The molecule has 0 atom stereocenters. The van der Waals surface area contributed by atoms with Crippen molar-refractivity contribution in [1.29, 1.82) is 0 Å². The Morgan fingerprint density at radius 1 is 1.38 bits per heavy atom. The number of carboxylic acid groups (broad SMARTS) is 1. The van der Waals surface area contributed by atoms with Crippen LogP contribution >= 0.6 is 0 Å². The normalized spacial score (nSPS) is 9.31. The van der Waals surface area contributed by atoms with E-state index < -0.39 is 11.9 Å². The lowest BCUT2D eigenvalue weighted by Gasteiger charge is -2.06. The fraction of sp³-hybridized carbons (Fsp3) is 0.0909. The molecule has 1 aromatic rings. The molecule has 0 aliphatic heterocycles. The van der Waals surface area contributed by atoms with Gasteiger partial charge in [-0.15, -0.1) is 0 Å². The van der Waals surface area contributed by atoms with Gasteiger partial charge >= 0.3 is 11.9 Å². The number of hydrogen-bond donors (Lipinski definition) is 1. The third-order valence-electron chi connectivity index (χ3n) is 1.74. The highest BCUT2D eigenvalue weighted by Gasteiger charge is 2.10. The summed E-state index contributed by atoms with van der Waals surface area (Å²) in [6.07, 6.45) is 0. The quantitative estimate of drug-likeness (QED) is 0.474. The highest BCUT2D eigenvalue weighted by molar-refractivity contribution is 5.88. The Bertz CT molecular complexity index is 436. The van der Waals surface area contributed by atoms with E-state index in [1.54, 1.807) is 0 Å². The molecule has 1 rings (SSSR count). The molecule has 0 heterocycles. The second kappa shape index (κ2) is 4.97. The van der Waals surface area contributed by atoms with Gasteiger partial charge in [-0.25, -0.2) is 9.59 Å². The van der Waals surface area contributed by atoms with Gasteiger partial charge in [0.15, 0.2) is 0 Å². The predicted octanol–water partition coefficient (Wildman–Crippen LogP) is 1.45. The highest BCUT2D eigenvalue weighted by atomic mass is 16.6. The largest absolute Gasteiger partial charge is 0.478 e. The minimum Gasteiger partial charge on any atom is -0.478 e. The Balaban J connectivity index is 2.82. The first-order valence-electron chi connectivity index (χ1n) is 4.33. The molecule has 0 saturated heterocycles. The van der Waals surface area contributed by atoms with Gasteiger partial charge in [-0.1, -0.05) is 6.07 Å². The Morgan fingerprint density at radius 3 is 2.62 bits per heavy atom. The lowest BCUT2D eigenvalue weighted by atomic mass is 10.2. The molecule has 0 unspecified atom stereocenters. The molecule has 0 aliphatic rings. The molecule has 16 heavy (non-hydrogen) atoms. The van der Waals surface area contributed by atoms with E-state index in [-0.39, 0.29) is 17.1 Å². The van der Waals surface area contributed by atoms with E-state index in [2.05, 4.69) is 11.3 Å². The molecule has 1 N–H and O–H groups in total. The van der Waals surface area contributed by atoms with Gasteiger partial charge in [0.1, 0.15) is 5.75 Å². The number of ether oxygens (including phenoxy) is 2. The summed E-state index contributed by atoms with van der Waals surface area (Å²) in [5, 5.41) is 8.73. The average Bonchev–Trinajstić information content (AvgIpc) is 2.28. The number of rotatable bonds is 4. The standard InChI is InChI=1S/C11H10O5/c1-7(11(14)15-2)16-9-5-3-4-8(6-9)10(12)13/h3-6H,1H2,2H3,(H,12,13). The fourth-order valence-corrected chi connectivity index (χ4v) is 0.990. The van der Waals surface area contributed by atoms with Crippen LogP contribution in [0.2, 0.25) is 0 Å². The first kappa shape index (κ1) is 11.8. The van der Waals surface area contributed by atoms with E-state index in [4.69, 9.17) is 9.84 Å². The lowest BCUT2D eigenvalue weighted by Crippen LogP contribution is -2.09. The van der Waals surface area contributed by atoms with Crippen LogP contribution in [0.5, 0.6) is 5.75 Å². The minimum absolute atomic E-state index is 0.0650. The maximum absolute atomic E-state index is 11.0. The minimum atomic E-state index is -1.07. The number of aromatic carboxylic acids is 1. The maximum atomic E-state index is 11.0.